The van der Waals surface area contributed by atoms with Gasteiger partial charge in [0.2, 0.25) is 0 Å². The fourth-order valence-electron chi connectivity index (χ4n) is 1.25. The summed E-state index contributed by atoms with van der Waals surface area (Å²) in [5.41, 5.74) is 0.475. The van der Waals surface area contributed by atoms with Crippen molar-refractivity contribution in [2.75, 3.05) is 19.7 Å². The normalized spacial score (nSPS) is 9.81. The first-order valence-corrected chi connectivity index (χ1v) is 5.69. The Morgan fingerprint density at radius 1 is 1.44 bits per heavy atom. The zero-order chi connectivity index (χ0) is 11.8. The van der Waals surface area contributed by atoms with E-state index in [0.717, 1.165) is 19.5 Å². The van der Waals surface area contributed by atoms with Gasteiger partial charge in [0, 0.05) is 11.6 Å². The van der Waals surface area contributed by atoms with Crippen LogP contribution < -0.4 is 10.1 Å². The minimum absolute atomic E-state index is 0.475. The molecule has 0 spiro atoms. The molecule has 4 heteroatoms. The third-order valence-electron chi connectivity index (χ3n) is 2.03. The first-order chi connectivity index (χ1) is 7.77. The molecule has 1 aromatic carbocycles. The molecule has 0 aliphatic carbocycles. The van der Waals surface area contributed by atoms with Crippen molar-refractivity contribution in [3.8, 4) is 11.8 Å². The molecule has 0 heterocycles. The number of nitrogens with one attached hydrogen (secondary N) is 1. The number of halogens is 1. The summed E-state index contributed by atoms with van der Waals surface area (Å²) in [4.78, 5) is 0. The molecule has 0 radical (unpaired) electrons. The Morgan fingerprint density at radius 3 is 2.94 bits per heavy atom. The number of hydrogen-bond donors (Lipinski definition) is 1. The van der Waals surface area contributed by atoms with Crippen molar-refractivity contribution in [3.05, 3.63) is 28.8 Å². The molecule has 0 saturated carbocycles. The van der Waals surface area contributed by atoms with Crippen molar-refractivity contribution in [2.24, 2.45) is 0 Å². The summed E-state index contributed by atoms with van der Waals surface area (Å²) in [5.74, 6) is 0.588. The highest BCUT2D eigenvalue weighted by Gasteiger charge is 2.03. The predicted molar refractivity (Wildman–Crippen MR) is 64.8 cm³/mol. The van der Waals surface area contributed by atoms with Crippen molar-refractivity contribution >= 4 is 11.6 Å². The van der Waals surface area contributed by atoms with E-state index in [1.54, 1.807) is 18.2 Å². The lowest BCUT2D eigenvalue weighted by molar-refractivity contribution is 0.313. The topological polar surface area (TPSA) is 45.0 Å². The largest absolute Gasteiger partial charge is 0.491 e. The van der Waals surface area contributed by atoms with E-state index >= 15 is 0 Å². The summed E-state index contributed by atoms with van der Waals surface area (Å²) in [6.07, 6.45) is 1.10. The lowest BCUT2D eigenvalue weighted by atomic mass is 10.2. The Labute approximate surface area is 101 Å². The fourth-order valence-corrected chi connectivity index (χ4v) is 1.42. The van der Waals surface area contributed by atoms with Crippen molar-refractivity contribution in [3.63, 3.8) is 0 Å². The number of rotatable bonds is 6. The van der Waals surface area contributed by atoms with E-state index in [-0.39, 0.29) is 0 Å². The van der Waals surface area contributed by atoms with E-state index in [1.807, 2.05) is 0 Å². The molecule has 86 valence electrons. The van der Waals surface area contributed by atoms with Gasteiger partial charge in [-0.1, -0.05) is 18.5 Å². The SMILES string of the molecule is CCCNCCOc1ccc(Cl)cc1C#N. The van der Waals surface area contributed by atoms with Crippen LogP contribution in [0.4, 0.5) is 0 Å². The summed E-state index contributed by atoms with van der Waals surface area (Å²) < 4.78 is 5.49. The molecule has 0 aliphatic rings. The van der Waals surface area contributed by atoms with Crippen molar-refractivity contribution in [1.82, 2.24) is 5.32 Å². The average Bonchev–Trinajstić information content (AvgIpc) is 2.30. The maximum atomic E-state index is 8.88. The number of ether oxygens (including phenoxy) is 1. The summed E-state index contributed by atoms with van der Waals surface area (Å²) in [6, 6.07) is 7.11. The Bertz CT molecular complexity index is 374. The molecule has 1 rings (SSSR count). The van der Waals surface area contributed by atoms with Crippen LogP contribution in [0.1, 0.15) is 18.9 Å². The fraction of sp³-hybridized carbons (Fsp3) is 0.417. The molecule has 0 atom stereocenters. The maximum absolute atomic E-state index is 8.88. The van der Waals surface area contributed by atoms with Gasteiger partial charge in [-0.3, -0.25) is 0 Å². The van der Waals surface area contributed by atoms with Gasteiger partial charge < -0.3 is 10.1 Å². The molecule has 1 aromatic rings. The molecule has 1 N–H and O–H groups in total. The van der Waals surface area contributed by atoms with E-state index in [9.17, 15) is 0 Å². The highest BCUT2D eigenvalue weighted by molar-refractivity contribution is 6.30. The Kier molecular flexibility index (Phi) is 5.69. The summed E-state index contributed by atoms with van der Waals surface area (Å²) >= 11 is 5.78. The molecule has 16 heavy (non-hydrogen) atoms. The molecule has 0 amide bonds. The summed E-state index contributed by atoms with van der Waals surface area (Å²) in [7, 11) is 0. The highest BCUT2D eigenvalue weighted by Crippen LogP contribution is 2.21. The van der Waals surface area contributed by atoms with Crippen LogP contribution in [0.5, 0.6) is 5.75 Å². The maximum Gasteiger partial charge on any atom is 0.137 e. The third kappa shape index (κ3) is 4.09. The van der Waals surface area contributed by atoms with Gasteiger partial charge in [-0.05, 0) is 31.2 Å². The molecule has 0 bridgehead atoms. The van der Waals surface area contributed by atoms with Crippen molar-refractivity contribution in [1.29, 1.82) is 5.26 Å². The van der Waals surface area contributed by atoms with Gasteiger partial charge in [0.25, 0.3) is 0 Å². The van der Waals surface area contributed by atoms with Crippen LogP contribution in [0.3, 0.4) is 0 Å². The predicted octanol–water partition coefficient (Wildman–Crippen LogP) is 2.59. The standard InChI is InChI=1S/C12H15ClN2O/c1-2-5-15-6-7-16-12-4-3-11(13)8-10(12)9-14/h3-4,8,15H,2,5-7H2,1H3. The Hall–Kier alpha value is -1.24. The zero-order valence-corrected chi connectivity index (χ0v) is 10.0. The van der Waals surface area contributed by atoms with Gasteiger partial charge >= 0.3 is 0 Å². The van der Waals surface area contributed by atoms with Gasteiger partial charge in [-0.2, -0.15) is 5.26 Å². The summed E-state index contributed by atoms with van der Waals surface area (Å²) in [5, 5.41) is 12.6. The average molecular weight is 239 g/mol. The van der Waals surface area contributed by atoms with E-state index in [0.29, 0.717) is 22.9 Å². The van der Waals surface area contributed by atoms with Crippen LogP contribution in [0.15, 0.2) is 18.2 Å². The van der Waals surface area contributed by atoms with Gasteiger partial charge in [0.15, 0.2) is 0 Å². The minimum atomic E-state index is 0.475. The smallest absolute Gasteiger partial charge is 0.137 e. The number of nitrogens with zero attached hydrogens (tertiary/aromatic N) is 1. The zero-order valence-electron chi connectivity index (χ0n) is 9.29. The molecule has 0 saturated heterocycles. The molecule has 0 fully saturated rings. The molecule has 0 unspecified atom stereocenters. The van der Waals surface area contributed by atoms with E-state index in [4.69, 9.17) is 21.6 Å². The quantitative estimate of drug-likeness (QED) is 0.775. The van der Waals surface area contributed by atoms with Crippen molar-refractivity contribution < 1.29 is 4.74 Å². The highest BCUT2D eigenvalue weighted by atomic mass is 35.5. The third-order valence-corrected chi connectivity index (χ3v) is 2.26. The van der Waals surface area contributed by atoms with Gasteiger partial charge in [0.1, 0.15) is 18.4 Å². The number of hydrogen-bond acceptors (Lipinski definition) is 3. The van der Waals surface area contributed by atoms with Crippen LogP contribution in [0.2, 0.25) is 5.02 Å². The van der Waals surface area contributed by atoms with Crippen LogP contribution in [-0.4, -0.2) is 19.7 Å². The van der Waals surface area contributed by atoms with Gasteiger partial charge in [0.05, 0.1) is 5.56 Å². The second-order valence-electron chi connectivity index (χ2n) is 3.35. The number of nitriles is 1. The van der Waals surface area contributed by atoms with E-state index in [1.165, 1.54) is 0 Å². The lowest BCUT2D eigenvalue weighted by Gasteiger charge is -2.08. The van der Waals surface area contributed by atoms with Crippen LogP contribution in [0, 0.1) is 11.3 Å². The first kappa shape index (κ1) is 12.8. The second kappa shape index (κ2) is 7.10. The summed E-state index contributed by atoms with van der Waals surface area (Å²) in [6.45, 7) is 4.42. The van der Waals surface area contributed by atoms with E-state index < -0.39 is 0 Å². The molecule has 3 nitrogen and oxygen atoms in total. The van der Waals surface area contributed by atoms with Crippen LogP contribution in [-0.2, 0) is 0 Å². The first-order valence-electron chi connectivity index (χ1n) is 5.31. The Morgan fingerprint density at radius 2 is 2.25 bits per heavy atom. The number of benzene rings is 1. The second-order valence-corrected chi connectivity index (χ2v) is 3.79. The van der Waals surface area contributed by atoms with Crippen LogP contribution in [0.25, 0.3) is 0 Å². The monoisotopic (exact) mass is 238 g/mol. The Balaban J connectivity index is 2.45. The van der Waals surface area contributed by atoms with Crippen LogP contribution >= 0.6 is 11.6 Å². The lowest BCUT2D eigenvalue weighted by Crippen LogP contribution is -2.21. The minimum Gasteiger partial charge on any atom is -0.491 e. The molecular formula is C12H15ClN2O. The molecule has 0 aliphatic heterocycles. The van der Waals surface area contributed by atoms with Crippen molar-refractivity contribution in [2.45, 2.75) is 13.3 Å². The van der Waals surface area contributed by atoms with Gasteiger partial charge in [-0.25, -0.2) is 0 Å². The molecular weight excluding hydrogens is 224 g/mol. The van der Waals surface area contributed by atoms with E-state index in [2.05, 4.69) is 18.3 Å². The molecule has 0 aromatic heterocycles. The van der Waals surface area contributed by atoms with Gasteiger partial charge in [-0.15, -0.1) is 0 Å².